The second-order valence-corrected chi connectivity index (χ2v) is 24.0. The van der Waals surface area contributed by atoms with Crippen molar-refractivity contribution < 1.29 is 37.4 Å². The summed E-state index contributed by atoms with van der Waals surface area (Å²) in [6.07, 6.45) is 30.4. The Morgan fingerprint density at radius 1 is 0.309 bits per heavy atom. The third-order valence-corrected chi connectivity index (χ3v) is 16.7. The summed E-state index contributed by atoms with van der Waals surface area (Å²) in [7, 11) is 0. The summed E-state index contributed by atoms with van der Waals surface area (Å²) in [5.41, 5.74) is 13.0. The van der Waals surface area contributed by atoms with Gasteiger partial charge in [0, 0.05) is 43.0 Å². The van der Waals surface area contributed by atoms with Crippen LogP contribution in [0, 0.1) is 11.6 Å². The van der Waals surface area contributed by atoms with Crippen molar-refractivity contribution in [2.45, 2.75) is 168 Å². The molecule has 0 bridgehead atoms. The number of ether oxygens (including phenoxy) is 3. The lowest BCUT2D eigenvalue weighted by Gasteiger charge is -2.08. The third-order valence-electron chi connectivity index (χ3n) is 16.7. The maximum absolute atomic E-state index is 14.6. The van der Waals surface area contributed by atoms with E-state index in [1.807, 2.05) is 115 Å². The van der Waals surface area contributed by atoms with Crippen LogP contribution in [0.4, 0.5) is 8.78 Å². The lowest BCUT2D eigenvalue weighted by molar-refractivity contribution is 0.0493. The highest BCUT2D eigenvalue weighted by Gasteiger charge is 2.17. The number of rotatable bonds is 35. The first-order valence-electron chi connectivity index (χ1n) is 34.4. The minimum Gasteiger partial charge on any atom is -0.462 e. The van der Waals surface area contributed by atoms with E-state index in [-0.39, 0.29) is 30.3 Å². The Morgan fingerprint density at radius 2 is 0.628 bits per heavy atom. The molecule has 7 aromatic carbocycles. The Morgan fingerprint density at radius 3 is 1.00 bits per heavy atom. The summed E-state index contributed by atoms with van der Waals surface area (Å²) >= 11 is 0. The lowest BCUT2D eigenvalue weighted by Crippen LogP contribution is -2.10. The van der Waals surface area contributed by atoms with E-state index in [9.17, 15) is 23.2 Å². The van der Waals surface area contributed by atoms with Crippen molar-refractivity contribution in [3.63, 3.8) is 0 Å². The van der Waals surface area contributed by atoms with Gasteiger partial charge < -0.3 is 14.2 Å². The van der Waals surface area contributed by atoms with Gasteiger partial charge in [0.2, 0.25) is 0 Å². The standard InChI is InChI=1S/C29H34O2.C28H32FNO2.C27H30FNO2/c1-2-3-4-5-6-8-13-25-14-16-26(17-15-25)27-18-20-28(21-19-27)29(30)31-23-22-24-11-9-7-10-12-24;1-2-3-4-5-6-7-10-22-12-14-23(15-13-22)24-16-17-26(27(29)21-24)28(31)32-20-18-25-11-8-9-19-30-25;1-2-3-4-5-6-9-21-11-13-22(14-12-21)23-15-16-25(26(28)20-23)27(30)31-19-17-24-10-7-8-18-29-24/h7,9-12,14-21H,2-6,8,13,22-23H2,1H3;8-9,11-17,19,21H,2-7,10,18,20H2,1H3;7-8,10-16,18,20H,2-6,9,17,19H2,1H3. The molecular formula is C84H96F2N2O6. The van der Waals surface area contributed by atoms with Crippen molar-refractivity contribution in [3.8, 4) is 33.4 Å². The van der Waals surface area contributed by atoms with E-state index in [0.29, 0.717) is 25.0 Å². The average molecular weight is 1270 g/mol. The maximum atomic E-state index is 14.6. The van der Waals surface area contributed by atoms with Gasteiger partial charge in [-0.2, -0.15) is 0 Å². The second-order valence-electron chi connectivity index (χ2n) is 24.0. The number of pyridine rings is 2. The topological polar surface area (TPSA) is 105 Å². The van der Waals surface area contributed by atoms with Crippen LogP contribution in [-0.4, -0.2) is 47.7 Å². The molecule has 0 saturated carbocycles. The quantitative estimate of drug-likeness (QED) is 0.0220. The Hall–Kier alpha value is -8.89. The molecule has 0 N–H and O–H groups in total. The van der Waals surface area contributed by atoms with Crippen LogP contribution >= 0.6 is 0 Å². The van der Waals surface area contributed by atoms with E-state index in [2.05, 4.69) is 79.3 Å². The van der Waals surface area contributed by atoms with Crippen molar-refractivity contribution in [1.29, 1.82) is 0 Å². The van der Waals surface area contributed by atoms with Gasteiger partial charge >= 0.3 is 17.9 Å². The highest BCUT2D eigenvalue weighted by Crippen LogP contribution is 2.27. The minimum atomic E-state index is -0.654. The summed E-state index contributed by atoms with van der Waals surface area (Å²) in [5.74, 6) is -2.71. The van der Waals surface area contributed by atoms with Crippen molar-refractivity contribution in [2.24, 2.45) is 0 Å². The smallest absolute Gasteiger partial charge is 0.341 e. The monoisotopic (exact) mass is 1270 g/mol. The van der Waals surface area contributed by atoms with Crippen LogP contribution in [0.25, 0.3) is 33.4 Å². The molecule has 0 unspecified atom stereocenters. The molecule has 0 atom stereocenters. The number of unbranched alkanes of at least 4 members (excludes halogenated alkanes) is 14. The van der Waals surface area contributed by atoms with Crippen LogP contribution in [0.5, 0.6) is 0 Å². The minimum absolute atomic E-state index is 0.0468. The first-order valence-corrected chi connectivity index (χ1v) is 34.4. The van der Waals surface area contributed by atoms with Crippen LogP contribution in [0.2, 0.25) is 0 Å². The number of carbonyl (C=O) groups is 3. The van der Waals surface area contributed by atoms with Crippen LogP contribution in [-0.2, 0) is 52.7 Å². The molecule has 0 spiro atoms. The van der Waals surface area contributed by atoms with Crippen molar-refractivity contribution in [3.05, 3.63) is 275 Å². The number of nitrogens with zero attached hydrogens (tertiary/aromatic N) is 2. The van der Waals surface area contributed by atoms with Gasteiger partial charge in [0.15, 0.2) is 0 Å². The van der Waals surface area contributed by atoms with Gasteiger partial charge in [0.25, 0.3) is 0 Å². The molecule has 0 fully saturated rings. The molecule has 8 nitrogen and oxygen atoms in total. The molecule has 9 aromatic rings. The van der Waals surface area contributed by atoms with Crippen LogP contribution in [0.1, 0.15) is 195 Å². The normalized spacial score (nSPS) is 10.8. The predicted molar refractivity (Wildman–Crippen MR) is 379 cm³/mol. The Kier molecular flexibility index (Phi) is 32.7. The number of carbonyl (C=O) groups excluding carboxylic acids is 3. The number of halogens is 2. The Balaban J connectivity index is 0.000000200. The number of benzene rings is 7. The number of hydrogen-bond acceptors (Lipinski definition) is 8. The van der Waals surface area contributed by atoms with Gasteiger partial charge in [-0.3, -0.25) is 9.97 Å². The lowest BCUT2D eigenvalue weighted by atomic mass is 10.00. The summed E-state index contributed by atoms with van der Waals surface area (Å²) < 4.78 is 45.0. The van der Waals surface area contributed by atoms with Gasteiger partial charge in [-0.25, -0.2) is 23.2 Å². The molecule has 0 amide bonds. The number of esters is 3. The van der Waals surface area contributed by atoms with E-state index in [1.54, 1.807) is 24.5 Å². The van der Waals surface area contributed by atoms with E-state index in [4.69, 9.17) is 14.2 Å². The average Bonchev–Trinajstić information content (AvgIpc) is 0.955. The summed E-state index contributed by atoms with van der Waals surface area (Å²) in [6, 6.07) is 63.5. The highest BCUT2D eigenvalue weighted by atomic mass is 19.1. The highest BCUT2D eigenvalue weighted by molar-refractivity contribution is 5.91. The molecule has 2 heterocycles. The van der Waals surface area contributed by atoms with Gasteiger partial charge in [-0.05, 0) is 155 Å². The fourth-order valence-electron chi connectivity index (χ4n) is 11.0. The van der Waals surface area contributed by atoms with Gasteiger partial charge in [-0.1, -0.05) is 250 Å². The molecule has 492 valence electrons. The molecule has 2 aromatic heterocycles. The van der Waals surface area contributed by atoms with E-state index in [1.165, 1.54) is 161 Å². The molecule has 0 radical (unpaired) electrons. The molecular weight excluding hydrogens is 1170 g/mol. The summed E-state index contributed by atoms with van der Waals surface area (Å²) in [6.45, 7) is 7.44. The largest absolute Gasteiger partial charge is 0.462 e. The van der Waals surface area contributed by atoms with Crippen molar-refractivity contribution in [2.75, 3.05) is 19.8 Å². The first-order chi connectivity index (χ1) is 46.1. The SMILES string of the molecule is CCCCCCCCc1ccc(-c2ccc(C(=O)OCCc3ccccc3)cc2)cc1.CCCCCCCCc1ccc(-c2ccc(C(=O)OCCc3ccccn3)c(F)c2)cc1.CCCCCCCc1ccc(-c2ccc(C(=O)OCCc3ccccn3)c(F)c2)cc1. The van der Waals surface area contributed by atoms with Crippen LogP contribution in [0.15, 0.2) is 213 Å². The molecule has 0 saturated heterocycles. The number of hydrogen-bond donors (Lipinski definition) is 0. The zero-order chi connectivity index (χ0) is 66.2. The van der Waals surface area contributed by atoms with Gasteiger partial charge in [0.1, 0.15) is 11.6 Å². The molecule has 0 aliphatic carbocycles. The summed E-state index contributed by atoms with van der Waals surface area (Å²) in [4.78, 5) is 45.1. The first kappa shape index (κ1) is 72.5. The van der Waals surface area contributed by atoms with Crippen molar-refractivity contribution >= 4 is 17.9 Å². The zero-order valence-electron chi connectivity index (χ0n) is 55.7. The molecule has 0 aliphatic heterocycles. The van der Waals surface area contributed by atoms with Crippen LogP contribution in [0.3, 0.4) is 0 Å². The Labute approximate surface area is 558 Å². The number of aromatic nitrogens is 2. The van der Waals surface area contributed by atoms with E-state index >= 15 is 0 Å². The second kappa shape index (κ2) is 42.4. The number of aryl methyl sites for hydroxylation is 3. The molecule has 0 aliphatic rings. The molecule has 10 heteroatoms. The van der Waals surface area contributed by atoms with E-state index in [0.717, 1.165) is 64.9 Å². The fraction of sp³-hybridized carbons (Fsp3) is 0.345. The predicted octanol–water partition coefficient (Wildman–Crippen LogP) is 21.6. The zero-order valence-corrected chi connectivity index (χ0v) is 55.7. The molecule has 94 heavy (non-hydrogen) atoms. The van der Waals surface area contributed by atoms with E-state index < -0.39 is 23.6 Å². The Bertz CT molecular complexity index is 3580. The van der Waals surface area contributed by atoms with Gasteiger partial charge in [0.05, 0.1) is 36.5 Å². The van der Waals surface area contributed by atoms with Crippen molar-refractivity contribution in [1.82, 2.24) is 9.97 Å². The summed E-state index contributed by atoms with van der Waals surface area (Å²) in [5, 5.41) is 0. The maximum Gasteiger partial charge on any atom is 0.341 e. The van der Waals surface area contributed by atoms with Crippen LogP contribution < -0.4 is 0 Å². The fourth-order valence-corrected chi connectivity index (χ4v) is 11.0. The van der Waals surface area contributed by atoms with Gasteiger partial charge in [-0.15, -0.1) is 0 Å². The molecule has 9 rings (SSSR count). The third kappa shape index (κ3) is 26.2.